The van der Waals surface area contributed by atoms with Gasteiger partial charge in [0, 0.05) is 29.5 Å². The fourth-order valence-electron chi connectivity index (χ4n) is 2.43. The lowest BCUT2D eigenvalue weighted by Gasteiger charge is -2.35. The first kappa shape index (κ1) is 15.6. The van der Waals surface area contributed by atoms with Crippen LogP contribution in [0.1, 0.15) is 12.0 Å². The van der Waals surface area contributed by atoms with Gasteiger partial charge in [0.25, 0.3) is 0 Å². The lowest BCUT2D eigenvalue weighted by Crippen LogP contribution is -2.47. The van der Waals surface area contributed by atoms with Crippen LogP contribution < -0.4 is 5.32 Å². The molecule has 1 heterocycles. The van der Waals surface area contributed by atoms with E-state index in [1.165, 1.54) is 0 Å². The van der Waals surface area contributed by atoms with E-state index in [1.807, 2.05) is 42.3 Å². The highest BCUT2D eigenvalue weighted by molar-refractivity contribution is 14.1. The van der Waals surface area contributed by atoms with E-state index in [2.05, 4.69) is 27.9 Å². The number of benzene rings is 1. The van der Waals surface area contributed by atoms with Crippen LogP contribution in [0.25, 0.3) is 0 Å². The number of carbonyl (C=O) groups is 1. The second-order valence-electron chi connectivity index (χ2n) is 5.11. The molecule has 0 aromatic heterocycles. The summed E-state index contributed by atoms with van der Waals surface area (Å²) in [6.07, 6.45) is 0.839. The quantitative estimate of drug-likeness (QED) is 0.637. The topological polar surface area (TPSA) is 41.6 Å². The van der Waals surface area contributed by atoms with Crippen molar-refractivity contribution in [3.8, 4) is 0 Å². The van der Waals surface area contributed by atoms with Crippen LogP contribution in [-0.2, 0) is 11.3 Å². The summed E-state index contributed by atoms with van der Waals surface area (Å²) in [6.45, 7) is 2.86. The molecule has 4 nitrogen and oxygen atoms in total. The van der Waals surface area contributed by atoms with Gasteiger partial charge in [0.15, 0.2) is 0 Å². The van der Waals surface area contributed by atoms with E-state index in [1.54, 1.807) is 0 Å². The summed E-state index contributed by atoms with van der Waals surface area (Å²) >= 11 is 2.49. The number of hydrogen-bond acceptors (Lipinski definition) is 3. The first-order chi connectivity index (χ1) is 9.70. The zero-order valence-corrected chi connectivity index (χ0v) is 13.9. The molecule has 1 fully saturated rings. The fraction of sp³-hybridized carbons (Fsp3) is 0.533. The van der Waals surface area contributed by atoms with Gasteiger partial charge < -0.3 is 15.0 Å². The van der Waals surface area contributed by atoms with Crippen LogP contribution >= 0.6 is 22.6 Å². The number of ether oxygens (including phenoxy) is 1. The van der Waals surface area contributed by atoms with Crippen molar-refractivity contribution in [3.63, 3.8) is 0 Å². The number of rotatable bonds is 4. The molecule has 5 heteroatoms. The van der Waals surface area contributed by atoms with Crippen LogP contribution in [0.5, 0.6) is 0 Å². The highest BCUT2D eigenvalue weighted by atomic mass is 127. The first-order valence-corrected chi connectivity index (χ1v) is 8.19. The molecule has 0 saturated carbocycles. The Bertz CT molecular complexity index is 427. The van der Waals surface area contributed by atoms with Gasteiger partial charge in [-0.2, -0.15) is 0 Å². The van der Waals surface area contributed by atoms with Gasteiger partial charge in [0.2, 0.25) is 0 Å². The van der Waals surface area contributed by atoms with Crippen molar-refractivity contribution in [1.29, 1.82) is 0 Å². The standard InChI is InChI=1S/C15H21IN2O2/c1-17-9-13-10-18(8-7-14(13)16)15(19)20-11-12-5-3-2-4-6-12/h2-6,13-14,17H,7-11H2,1H3. The molecule has 2 unspecified atom stereocenters. The molecule has 2 rings (SSSR count). The number of amides is 1. The van der Waals surface area contributed by atoms with Gasteiger partial charge in [-0.25, -0.2) is 4.79 Å². The summed E-state index contributed by atoms with van der Waals surface area (Å²) in [5.74, 6) is 0.499. The van der Waals surface area contributed by atoms with Gasteiger partial charge in [-0.1, -0.05) is 52.9 Å². The van der Waals surface area contributed by atoms with Gasteiger partial charge in [0.1, 0.15) is 6.61 Å². The fourth-order valence-corrected chi connectivity index (χ4v) is 3.19. The molecule has 1 aromatic rings. The summed E-state index contributed by atoms with van der Waals surface area (Å²) in [4.78, 5) is 13.9. The highest BCUT2D eigenvalue weighted by Gasteiger charge is 2.30. The molecule has 0 aliphatic carbocycles. The van der Waals surface area contributed by atoms with E-state index in [9.17, 15) is 4.79 Å². The minimum Gasteiger partial charge on any atom is -0.445 e. The minimum absolute atomic E-state index is 0.196. The van der Waals surface area contributed by atoms with Crippen molar-refractivity contribution >= 4 is 28.7 Å². The van der Waals surface area contributed by atoms with E-state index in [0.717, 1.165) is 31.6 Å². The molecule has 20 heavy (non-hydrogen) atoms. The summed E-state index contributed by atoms with van der Waals surface area (Å²) in [5, 5.41) is 3.20. The molecular weight excluding hydrogens is 367 g/mol. The summed E-state index contributed by atoms with van der Waals surface area (Å²) in [6, 6.07) is 9.79. The van der Waals surface area contributed by atoms with Gasteiger partial charge in [0.05, 0.1) is 0 Å². The smallest absolute Gasteiger partial charge is 0.410 e. The zero-order chi connectivity index (χ0) is 14.4. The van der Waals surface area contributed by atoms with Crippen LogP contribution in [0, 0.1) is 5.92 Å². The Morgan fingerprint density at radius 3 is 2.90 bits per heavy atom. The average molecular weight is 388 g/mol. The van der Waals surface area contributed by atoms with Crippen molar-refractivity contribution in [1.82, 2.24) is 10.2 Å². The molecule has 0 radical (unpaired) electrons. The lowest BCUT2D eigenvalue weighted by atomic mass is 9.98. The maximum absolute atomic E-state index is 12.1. The molecular formula is C15H21IN2O2. The van der Waals surface area contributed by atoms with Gasteiger partial charge >= 0.3 is 6.09 Å². The number of likely N-dealkylation sites (tertiary alicyclic amines) is 1. The number of alkyl halides is 1. The number of carbonyl (C=O) groups excluding carboxylic acids is 1. The third-order valence-electron chi connectivity index (χ3n) is 3.57. The predicted octanol–water partition coefficient (Wildman–Crippen LogP) is 2.67. The summed E-state index contributed by atoms with van der Waals surface area (Å²) in [7, 11) is 1.95. The molecule has 1 aromatic carbocycles. The Morgan fingerprint density at radius 1 is 1.45 bits per heavy atom. The number of piperidine rings is 1. The van der Waals surface area contributed by atoms with E-state index in [0.29, 0.717) is 16.4 Å². The number of nitrogens with zero attached hydrogens (tertiary/aromatic N) is 1. The van der Waals surface area contributed by atoms with Crippen LogP contribution in [0.3, 0.4) is 0 Å². The van der Waals surface area contributed by atoms with E-state index >= 15 is 0 Å². The number of halogens is 1. The Morgan fingerprint density at radius 2 is 2.20 bits per heavy atom. The molecule has 1 saturated heterocycles. The monoisotopic (exact) mass is 388 g/mol. The Balaban J connectivity index is 1.83. The Labute approximate surface area is 134 Å². The van der Waals surface area contributed by atoms with Gasteiger partial charge in [-0.15, -0.1) is 0 Å². The molecule has 2 atom stereocenters. The van der Waals surface area contributed by atoms with E-state index in [4.69, 9.17) is 4.74 Å². The van der Waals surface area contributed by atoms with Crippen molar-refractivity contribution < 1.29 is 9.53 Å². The largest absolute Gasteiger partial charge is 0.445 e. The van der Waals surface area contributed by atoms with Gasteiger partial charge in [-0.3, -0.25) is 0 Å². The van der Waals surface area contributed by atoms with Crippen LogP contribution in [0.4, 0.5) is 4.79 Å². The van der Waals surface area contributed by atoms with E-state index in [-0.39, 0.29) is 6.09 Å². The SMILES string of the molecule is CNCC1CN(C(=O)OCc2ccccc2)CCC1I. The molecule has 0 spiro atoms. The highest BCUT2D eigenvalue weighted by Crippen LogP contribution is 2.24. The predicted molar refractivity (Wildman–Crippen MR) is 88.0 cm³/mol. The Hall–Kier alpha value is -0.820. The van der Waals surface area contributed by atoms with Crippen molar-refractivity contribution in [3.05, 3.63) is 35.9 Å². The molecule has 0 bridgehead atoms. The van der Waals surface area contributed by atoms with Crippen LogP contribution in [-0.4, -0.2) is 41.6 Å². The first-order valence-electron chi connectivity index (χ1n) is 6.95. The Kier molecular flexibility index (Phi) is 6.09. The van der Waals surface area contributed by atoms with Gasteiger partial charge in [-0.05, 0) is 19.0 Å². The number of hydrogen-bond donors (Lipinski definition) is 1. The third-order valence-corrected chi connectivity index (χ3v) is 5.21. The lowest BCUT2D eigenvalue weighted by molar-refractivity contribution is 0.0813. The normalized spacial score (nSPS) is 22.6. The van der Waals surface area contributed by atoms with Crippen molar-refractivity contribution in [2.24, 2.45) is 5.92 Å². The zero-order valence-electron chi connectivity index (χ0n) is 11.7. The van der Waals surface area contributed by atoms with Crippen molar-refractivity contribution in [2.45, 2.75) is 17.0 Å². The summed E-state index contributed by atoms with van der Waals surface area (Å²) < 4.78 is 6.02. The molecule has 1 amide bonds. The minimum atomic E-state index is -0.196. The average Bonchev–Trinajstić information content (AvgIpc) is 2.48. The maximum Gasteiger partial charge on any atom is 0.410 e. The summed E-state index contributed by atoms with van der Waals surface area (Å²) in [5.41, 5.74) is 1.02. The molecule has 1 aliphatic heterocycles. The van der Waals surface area contributed by atoms with E-state index < -0.39 is 0 Å². The molecule has 1 N–H and O–H groups in total. The molecule has 110 valence electrons. The number of nitrogens with one attached hydrogen (secondary N) is 1. The maximum atomic E-state index is 12.1. The van der Waals surface area contributed by atoms with Crippen molar-refractivity contribution in [2.75, 3.05) is 26.7 Å². The van der Waals surface area contributed by atoms with Crippen LogP contribution in [0.15, 0.2) is 30.3 Å². The van der Waals surface area contributed by atoms with Crippen LogP contribution in [0.2, 0.25) is 0 Å². The molecule has 1 aliphatic rings. The second-order valence-corrected chi connectivity index (χ2v) is 6.71. The second kappa shape index (κ2) is 7.83. The third kappa shape index (κ3) is 4.34.